The van der Waals surface area contributed by atoms with E-state index in [1.165, 1.54) is 22.0 Å². The highest BCUT2D eigenvalue weighted by Gasteiger charge is 2.34. The quantitative estimate of drug-likeness (QED) is 0.685. The second-order valence-corrected chi connectivity index (χ2v) is 8.54. The lowest BCUT2D eigenvalue weighted by atomic mass is 10.2. The first kappa shape index (κ1) is 20.6. The number of hydrogen-bond acceptors (Lipinski definition) is 3. The molecule has 0 radical (unpaired) electrons. The summed E-state index contributed by atoms with van der Waals surface area (Å²) in [5, 5.41) is 4.68. The summed E-state index contributed by atoms with van der Waals surface area (Å²) in [5.41, 5.74) is -0.217. The van der Waals surface area contributed by atoms with E-state index in [0.717, 1.165) is 42.0 Å². The molecule has 0 amide bonds. The molecule has 1 aliphatic carbocycles. The number of rotatable bonds is 7. The predicted molar refractivity (Wildman–Crippen MR) is 101 cm³/mol. The monoisotopic (exact) mass is 413 g/mol. The van der Waals surface area contributed by atoms with E-state index in [1.54, 1.807) is 12.1 Å². The number of benzene rings is 1. The summed E-state index contributed by atoms with van der Waals surface area (Å²) in [6.45, 7) is 0.135. The third-order valence-electron chi connectivity index (χ3n) is 4.77. The van der Waals surface area contributed by atoms with Gasteiger partial charge in [-0.15, -0.1) is 0 Å². The van der Waals surface area contributed by atoms with Gasteiger partial charge in [0.2, 0.25) is 10.0 Å². The van der Waals surface area contributed by atoms with E-state index in [0.29, 0.717) is 0 Å². The summed E-state index contributed by atoms with van der Waals surface area (Å²) >= 11 is 0. The minimum Gasteiger partial charge on any atom is -0.271 e. The molecule has 28 heavy (non-hydrogen) atoms. The number of nitrogens with zero attached hydrogens (tertiary/aromatic N) is 3. The molecule has 5 nitrogen and oxygen atoms in total. The minimum atomic E-state index is -4.51. The van der Waals surface area contributed by atoms with Gasteiger partial charge in [-0.05, 0) is 30.5 Å². The third-order valence-corrected chi connectivity index (χ3v) is 6.39. The Labute approximate surface area is 162 Å². The zero-order valence-electron chi connectivity index (χ0n) is 15.2. The molecular weight excluding hydrogens is 391 g/mol. The maximum Gasteiger partial charge on any atom is 0.435 e. The molecule has 0 atom stereocenters. The van der Waals surface area contributed by atoms with Crippen molar-refractivity contribution in [2.75, 3.05) is 6.54 Å². The number of hydrogen-bond donors (Lipinski definition) is 0. The molecule has 1 fully saturated rings. The first-order valence-corrected chi connectivity index (χ1v) is 10.6. The van der Waals surface area contributed by atoms with Crippen LogP contribution in [0.25, 0.3) is 6.08 Å². The van der Waals surface area contributed by atoms with Crippen molar-refractivity contribution in [2.45, 2.75) is 44.4 Å². The number of aromatic nitrogens is 2. The van der Waals surface area contributed by atoms with Crippen molar-refractivity contribution in [3.05, 3.63) is 59.3 Å². The fourth-order valence-electron chi connectivity index (χ4n) is 3.36. The summed E-state index contributed by atoms with van der Waals surface area (Å²) in [7, 11) is -3.71. The Balaban J connectivity index is 1.75. The normalized spacial score (nSPS) is 16.4. The molecule has 0 saturated heterocycles. The summed E-state index contributed by atoms with van der Waals surface area (Å²) in [4.78, 5) is 0. The predicted octanol–water partition coefficient (Wildman–Crippen LogP) is 4.15. The van der Waals surface area contributed by atoms with Gasteiger partial charge in [0.05, 0.1) is 6.54 Å². The molecule has 0 spiro atoms. The Hall–Kier alpha value is -2.13. The Morgan fingerprint density at radius 1 is 1.14 bits per heavy atom. The van der Waals surface area contributed by atoms with E-state index in [2.05, 4.69) is 5.10 Å². The molecule has 0 unspecified atom stereocenters. The first-order valence-electron chi connectivity index (χ1n) is 9.11. The van der Waals surface area contributed by atoms with Gasteiger partial charge in [-0.3, -0.25) is 4.68 Å². The van der Waals surface area contributed by atoms with E-state index in [1.807, 2.05) is 18.2 Å². The van der Waals surface area contributed by atoms with Crippen LogP contribution in [0.15, 0.2) is 48.0 Å². The van der Waals surface area contributed by atoms with Crippen LogP contribution in [0.2, 0.25) is 0 Å². The van der Waals surface area contributed by atoms with Crippen LogP contribution in [0, 0.1) is 0 Å². The summed E-state index contributed by atoms with van der Waals surface area (Å²) in [6, 6.07) is 9.83. The molecule has 1 saturated carbocycles. The zero-order chi connectivity index (χ0) is 20.2. The van der Waals surface area contributed by atoms with E-state index < -0.39 is 21.9 Å². The van der Waals surface area contributed by atoms with Crippen LogP contribution < -0.4 is 0 Å². The molecule has 1 heterocycles. The van der Waals surface area contributed by atoms with Crippen LogP contribution >= 0.6 is 0 Å². The number of sulfonamides is 1. The third kappa shape index (κ3) is 5.23. The van der Waals surface area contributed by atoms with Crippen molar-refractivity contribution in [3.8, 4) is 0 Å². The van der Waals surface area contributed by atoms with Crippen molar-refractivity contribution in [1.29, 1.82) is 0 Å². The van der Waals surface area contributed by atoms with E-state index in [4.69, 9.17) is 0 Å². The van der Waals surface area contributed by atoms with Gasteiger partial charge < -0.3 is 0 Å². The standard InChI is InChI=1S/C19H22F3N3O2S/c20-19(21,22)18-10-12-24(23-18)13-14-25(17-8-4-5-9-17)28(26,27)15-11-16-6-2-1-3-7-16/h1-3,6-7,10-12,15,17H,4-5,8-9,13-14H2. The van der Waals surface area contributed by atoms with Gasteiger partial charge in [-0.1, -0.05) is 43.2 Å². The maximum atomic E-state index is 12.9. The topological polar surface area (TPSA) is 55.2 Å². The maximum absolute atomic E-state index is 12.9. The van der Waals surface area contributed by atoms with Gasteiger partial charge in [0, 0.05) is 24.2 Å². The Morgan fingerprint density at radius 3 is 2.43 bits per heavy atom. The largest absolute Gasteiger partial charge is 0.435 e. The highest BCUT2D eigenvalue weighted by atomic mass is 32.2. The molecule has 0 N–H and O–H groups in total. The molecule has 3 rings (SSSR count). The molecule has 0 bridgehead atoms. The Morgan fingerprint density at radius 2 is 1.82 bits per heavy atom. The SMILES string of the molecule is O=S(=O)(C=Cc1ccccc1)N(CCn1ccc(C(F)(F)F)n1)C1CCCC1. The highest BCUT2D eigenvalue weighted by Crippen LogP contribution is 2.28. The molecule has 1 aliphatic rings. The molecule has 9 heteroatoms. The second-order valence-electron chi connectivity index (χ2n) is 6.77. The van der Waals surface area contributed by atoms with Crippen molar-refractivity contribution < 1.29 is 21.6 Å². The average molecular weight is 413 g/mol. The smallest absolute Gasteiger partial charge is 0.271 e. The van der Waals surface area contributed by atoms with Crippen molar-refractivity contribution in [3.63, 3.8) is 0 Å². The first-order chi connectivity index (χ1) is 13.3. The summed E-state index contributed by atoms with van der Waals surface area (Å²) in [6.07, 6.45) is 1.64. The number of halogens is 3. The van der Waals surface area contributed by atoms with Crippen molar-refractivity contribution in [2.24, 2.45) is 0 Å². The lowest BCUT2D eigenvalue weighted by molar-refractivity contribution is -0.141. The highest BCUT2D eigenvalue weighted by molar-refractivity contribution is 7.92. The van der Waals surface area contributed by atoms with Gasteiger partial charge >= 0.3 is 6.18 Å². The fraction of sp³-hybridized carbons (Fsp3) is 0.421. The lowest BCUT2D eigenvalue weighted by Gasteiger charge is -2.26. The molecule has 152 valence electrons. The molecule has 0 aliphatic heterocycles. The van der Waals surface area contributed by atoms with Crippen molar-refractivity contribution in [1.82, 2.24) is 14.1 Å². The average Bonchev–Trinajstić information content (AvgIpc) is 3.33. The van der Waals surface area contributed by atoms with Crippen LogP contribution in [0.1, 0.15) is 36.9 Å². The van der Waals surface area contributed by atoms with Gasteiger partial charge in [0.1, 0.15) is 0 Å². The van der Waals surface area contributed by atoms with Crippen LogP contribution in [-0.2, 0) is 22.7 Å². The van der Waals surface area contributed by atoms with E-state index >= 15 is 0 Å². The Bertz CT molecular complexity index is 902. The van der Waals surface area contributed by atoms with E-state index in [9.17, 15) is 21.6 Å². The van der Waals surface area contributed by atoms with Crippen LogP contribution in [0.3, 0.4) is 0 Å². The van der Waals surface area contributed by atoms with Gasteiger partial charge in [0.15, 0.2) is 5.69 Å². The molecule has 2 aromatic rings. The van der Waals surface area contributed by atoms with E-state index in [-0.39, 0.29) is 19.1 Å². The van der Waals surface area contributed by atoms with Crippen molar-refractivity contribution >= 4 is 16.1 Å². The van der Waals surface area contributed by atoms with Gasteiger partial charge in [0.25, 0.3) is 0 Å². The minimum absolute atomic E-state index is 0.0605. The fourth-order valence-corrected chi connectivity index (χ4v) is 4.80. The molecular formula is C19H22F3N3O2S. The zero-order valence-corrected chi connectivity index (χ0v) is 16.0. The number of alkyl halides is 3. The van der Waals surface area contributed by atoms with Crippen LogP contribution in [-0.4, -0.2) is 35.1 Å². The molecule has 1 aromatic carbocycles. The van der Waals surface area contributed by atoms with Crippen LogP contribution in [0.4, 0.5) is 13.2 Å². The van der Waals surface area contributed by atoms with Gasteiger partial charge in [-0.2, -0.15) is 22.6 Å². The molecule has 1 aromatic heterocycles. The summed E-state index contributed by atoms with van der Waals surface area (Å²) < 4.78 is 66.5. The lowest BCUT2D eigenvalue weighted by Crippen LogP contribution is -2.39. The summed E-state index contributed by atoms with van der Waals surface area (Å²) in [5.74, 6) is 0. The second kappa shape index (κ2) is 8.48. The Kier molecular flexibility index (Phi) is 6.24. The van der Waals surface area contributed by atoms with Gasteiger partial charge in [-0.25, -0.2) is 8.42 Å². The van der Waals surface area contributed by atoms with Crippen LogP contribution in [0.5, 0.6) is 0 Å².